The van der Waals surface area contributed by atoms with Crippen LogP contribution in [0, 0.1) is 5.92 Å². The molecule has 0 bridgehead atoms. The second-order valence-corrected chi connectivity index (χ2v) is 4.24. The van der Waals surface area contributed by atoms with E-state index >= 15 is 0 Å². The maximum Gasteiger partial charge on any atom is 0.143 e. The highest BCUT2D eigenvalue weighted by Crippen LogP contribution is 2.24. The number of aliphatic carboxylic acids is 1. The van der Waals surface area contributed by atoms with Gasteiger partial charge in [-0.1, -0.05) is 12.8 Å². The summed E-state index contributed by atoms with van der Waals surface area (Å²) in [5, 5.41) is 10.4. The van der Waals surface area contributed by atoms with Crippen molar-refractivity contribution >= 4 is 11.8 Å². The van der Waals surface area contributed by atoms with Crippen LogP contribution in [0.5, 0.6) is 0 Å². The van der Waals surface area contributed by atoms with Gasteiger partial charge in [0.15, 0.2) is 0 Å². The van der Waals surface area contributed by atoms with E-state index in [1.807, 2.05) is 0 Å². The van der Waals surface area contributed by atoms with Crippen molar-refractivity contribution < 1.29 is 20.4 Å². The zero-order chi connectivity index (χ0) is 11.4. The minimum Gasteiger partial charge on any atom is -0.544 e. The number of carbonyl (C=O) groups excluding carboxylic acids is 2. The van der Waals surface area contributed by atoms with Crippen molar-refractivity contribution in [3.05, 3.63) is 0 Å². The summed E-state index contributed by atoms with van der Waals surface area (Å²) < 4.78 is 0. The van der Waals surface area contributed by atoms with E-state index in [4.69, 9.17) is 5.73 Å². The molecule has 1 aliphatic carbocycles. The van der Waals surface area contributed by atoms with Gasteiger partial charge in [-0.3, -0.25) is 4.79 Å². The fourth-order valence-electron chi connectivity index (χ4n) is 2.04. The van der Waals surface area contributed by atoms with Gasteiger partial charge in [0.1, 0.15) is 11.8 Å². The normalized spacial score (nSPS) is 28.4. The van der Waals surface area contributed by atoms with E-state index in [1.54, 1.807) is 0 Å². The van der Waals surface area contributed by atoms with Gasteiger partial charge in [-0.05, 0) is 12.8 Å². The molecule has 0 amide bonds. The average Bonchev–Trinajstić information content (AvgIpc) is 2.18. The van der Waals surface area contributed by atoms with E-state index in [0.29, 0.717) is 0 Å². The number of hydrogen-bond acceptors (Lipinski definition) is 4. The third kappa shape index (κ3) is 3.28. The van der Waals surface area contributed by atoms with Crippen LogP contribution in [-0.4, -0.2) is 23.8 Å². The van der Waals surface area contributed by atoms with Crippen LogP contribution >= 0.6 is 0 Å². The molecule has 3 unspecified atom stereocenters. The molecule has 0 aliphatic heterocycles. The van der Waals surface area contributed by atoms with Gasteiger partial charge in [0.25, 0.3) is 0 Å². The van der Waals surface area contributed by atoms with Crippen LogP contribution < -0.4 is 16.6 Å². The second kappa shape index (κ2) is 5.23. The summed E-state index contributed by atoms with van der Waals surface area (Å²) in [5.74, 6) is -1.53. The fourth-order valence-corrected chi connectivity index (χ4v) is 2.04. The molecule has 0 aromatic carbocycles. The van der Waals surface area contributed by atoms with Gasteiger partial charge in [-0.15, -0.1) is 0 Å². The van der Waals surface area contributed by atoms with Gasteiger partial charge in [-0.25, -0.2) is 0 Å². The molecule has 86 valence electrons. The molecule has 0 saturated heterocycles. The van der Waals surface area contributed by atoms with Gasteiger partial charge < -0.3 is 21.4 Å². The van der Waals surface area contributed by atoms with Gasteiger partial charge in [-0.2, -0.15) is 0 Å². The van der Waals surface area contributed by atoms with Crippen molar-refractivity contribution in [3.8, 4) is 0 Å². The number of Topliss-reactive ketones (excluding diaryl/α,β-unsaturated/α-hetero) is 1. The molecule has 1 fully saturated rings. The first kappa shape index (κ1) is 12.1. The quantitative estimate of drug-likeness (QED) is 0.554. The van der Waals surface area contributed by atoms with Crippen molar-refractivity contribution in [2.75, 3.05) is 0 Å². The summed E-state index contributed by atoms with van der Waals surface area (Å²) in [6, 6.07) is -1.06. The predicted octanol–water partition coefficient (Wildman–Crippen LogP) is -2.18. The molecular formula is C10H18N2O3. The number of carbonyl (C=O) groups is 2. The Labute approximate surface area is 88.8 Å². The Kier molecular flexibility index (Phi) is 4.23. The molecule has 0 aromatic heterocycles. The van der Waals surface area contributed by atoms with Crippen LogP contribution in [-0.2, 0) is 9.59 Å². The van der Waals surface area contributed by atoms with Crippen molar-refractivity contribution in [2.24, 2.45) is 11.7 Å². The number of carboxylic acids is 1. The first-order valence-corrected chi connectivity index (χ1v) is 5.34. The molecule has 0 heterocycles. The van der Waals surface area contributed by atoms with E-state index < -0.39 is 12.0 Å². The van der Waals surface area contributed by atoms with Crippen molar-refractivity contribution in [1.82, 2.24) is 0 Å². The van der Waals surface area contributed by atoms with Gasteiger partial charge >= 0.3 is 0 Å². The molecule has 1 rings (SSSR count). The zero-order valence-electron chi connectivity index (χ0n) is 8.78. The fraction of sp³-hybridized carbons (Fsp3) is 0.800. The summed E-state index contributed by atoms with van der Waals surface area (Å²) in [6.07, 6.45) is 3.63. The molecule has 5 N–H and O–H groups in total. The molecule has 0 aromatic rings. The Morgan fingerprint density at radius 1 is 1.40 bits per heavy atom. The highest BCUT2D eigenvalue weighted by molar-refractivity contribution is 5.86. The Hall–Kier alpha value is -0.940. The van der Waals surface area contributed by atoms with Crippen LogP contribution in [0.25, 0.3) is 0 Å². The number of ketones is 1. The van der Waals surface area contributed by atoms with Crippen molar-refractivity contribution in [2.45, 2.75) is 44.2 Å². The molecule has 5 heteroatoms. The first-order valence-electron chi connectivity index (χ1n) is 5.34. The van der Waals surface area contributed by atoms with Crippen molar-refractivity contribution in [3.63, 3.8) is 0 Å². The van der Waals surface area contributed by atoms with Gasteiger partial charge in [0.2, 0.25) is 0 Å². The van der Waals surface area contributed by atoms with Crippen LogP contribution in [0.3, 0.4) is 0 Å². The molecule has 5 nitrogen and oxygen atoms in total. The monoisotopic (exact) mass is 214 g/mol. The van der Waals surface area contributed by atoms with Gasteiger partial charge in [0, 0.05) is 12.0 Å². The summed E-state index contributed by atoms with van der Waals surface area (Å²) in [5.41, 5.74) is 9.20. The number of carboxylic acid groups (broad SMARTS) is 1. The Balaban J connectivity index is 2.48. The Bertz CT molecular complexity index is 255. The second-order valence-electron chi connectivity index (χ2n) is 4.24. The van der Waals surface area contributed by atoms with E-state index in [9.17, 15) is 14.7 Å². The summed E-state index contributed by atoms with van der Waals surface area (Å²) in [6.45, 7) is 0. The largest absolute Gasteiger partial charge is 0.544 e. The van der Waals surface area contributed by atoms with Crippen LogP contribution in [0.4, 0.5) is 0 Å². The minimum atomic E-state index is -1.27. The van der Waals surface area contributed by atoms with Crippen LogP contribution in [0.1, 0.15) is 32.1 Å². The summed E-state index contributed by atoms with van der Waals surface area (Å²) in [4.78, 5) is 22.2. The standard InChI is InChI=1S/C10H18N2O3/c11-7-4-2-1-3-6(7)9(13)5-8(12)10(14)15/h6-8H,1-5,11-12H2,(H,14,15). The zero-order valence-corrected chi connectivity index (χ0v) is 8.78. The van der Waals surface area contributed by atoms with E-state index in [1.165, 1.54) is 0 Å². The average molecular weight is 214 g/mol. The summed E-state index contributed by atoms with van der Waals surface area (Å²) in [7, 11) is 0. The maximum absolute atomic E-state index is 11.7. The Morgan fingerprint density at radius 2 is 2.00 bits per heavy atom. The lowest BCUT2D eigenvalue weighted by Gasteiger charge is -2.27. The molecular weight excluding hydrogens is 196 g/mol. The summed E-state index contributed by atoms with van der Waals surface area (Å²) >= 11 is 0. The SMILES string of the molecule is NC1CCCCC1C(=O)CC([NH3+])C(=O)[O-]. The van der Waals surface area contributed by atoms with Gasteiger partial charge in [0.05, 0.1) is 12.4 Å². The topological polar surface area (TPSA) is 111 Å². The third-order valence-corrected chi connectivity index (χ3v) is 3.01. The highest BCUT2D eigenvalue weighted by Gasteiger charge is 2.29. The maximum atomic E-state index is 11.7. The molecule has 3 atom stereocenters. The highest BCUT2D eigenvalue weighted by atomic mass is 16.4. The van der Waals surface area contributed by atoms with Crippen molar-refractivity contribution in [1.29, 1.82) is 0 Å². The molecule has 1 aliphatic rings. The lowest BCUT2D eigenvalue weighted by molar-refractivity contribution is -0.436. The van der Waals surface area contributed by atoms with E-state index in [-0.39, 0.29) is 24.2 Å². The van der Waals surface area contributed by atoms with E-state index in [0.717, 1.165) is 25.7 Å². The molecule has 15 heavy (non-hydrogen) atoms. The molecule has 0 spiro atoms. The van der Waals surface area contributed by atoms with Crippen LogP contribution in [0.2, 0.25) is 0 Å². The number of hydrogen-bond donors (Lipinski definition) is 2. The van der Waals surface area contributed by atoms with Crippen LogP contribution in [0.15, 0.2) is 0 Å². The third-order valence-electron chi connectivity index (χ3n) is 3.01. The number of rotatable bonds is 4. The predicted molar refractivity (Wildman–Crippen MR) is 51.2 cm³/mol. The lowest BCUT2D eigenvalue weighted by atomic mass is 9.81. The Morgan fingerprint density at radius 3 is 2.53 bits per heavy atom. The first-order chi connectivity index (χ1) is 7.02. The number of nitrogens with two attached hydrogens (primary N) is 1. The molecule has 0 radical (unpaired) electrons. The lowest BCUT2D eigenvalue weighted by Crippen LogP contribution is -2.69. The van der Waals surface area contributed by atoms with E-state index in [2.05, 4.69) is 5.73 Å². The molecule has 1 saturated carbocycles. The number of quaternary nitrogens is 1. The smallest absolute Gasteiger partial charge is 0.143 e. The minimum absolute atomic E-state index is 0.0549.